The van der Waals surface area contributed by atoms with E-state index in [-0.39, 0.29) is 0 Å². The number of rotatable bonds is 6. The summed E-state index contributed by atoms with van der Waals surface area (Å²) in [5.41, 5.74) is 1.78. The minimum absolute atomic E-state index is 0.804. The Bertz CT molecular complexity index is 295. The van der Waals surface area contributed by atoms with E-state index < -0.39 is 0 Å². The van der Waals surface area contributed by atoms with Gasteiger partial charge >= 0.3 is 0 Å². The molecule has 0 N–H and O–H groups in total. The summed E-state index contributed by atoms with van der Waals surface area (Å²) in [6.07, 6.45) is 5.55. The molecule has 98 valence electrons. The van der Waals surface area contributed by atoms with Crippen molar-refractivity contribution in [3.05, 3.63) is 11.6 Å². The van der Waals surface area contributed by atoms with Gasteiger partial charge in [-0.3, -0.25) is 0 Å². The van der Waals surface area contributed by atoms with Crippen LogP contribution in [0.4, 0.5) is 0 Å². The summed E-state index contributed by atoms with van der Waals surface area (Å²) in [5, 5.41) is 0. The van der Waals surface area contributed by atoms with E-state index in [1.54, 1.807) is 5.57 Å². The number of hydrogen-bond acceptors (Lipinski definition) is 0. The molecule has 0 nitrogen and oxygen atoms in total. The molecular formula is C17H30. The van der Waals surface area contributed by atoms with Crippen molar-refractivity contribution in [2.75, 3.05) is 0 Å². The molecule has 2 rings (SSSR count). The van der Waals surface area contributed by atoms with Crippen LogP contribution in [0.3, 0.4) is 0 Å². The van der Waals surface area contributed by atoms with Crippen LogP contribution in [0, 0.1) is 41.4 Å². The smallest absolute Gasteiger partial charge is 0.00110 e. The van der Waals surface area contributed by atoms with Crippen molar-refractivity contribution >= 4 is 0 Å². The van der Waals surface area contributed by atoms with Crippen molar-refractivity contribution in [3.8, 4) is 0 Å². The minimum Gasteiger partial charge on any atom is -0.0770 e. The molecule has 0 spiro atoms. The first kappa shape index (κ1) is 13.2. The standard InChI is InChI=1S/C17H30/c1-10(2)11(3)12(4)13(5)16-9-17(16)14(6)15-7-8-15/h9-15,17H,7-8H2,1-6H3. The van der Waals surface area contributed by atoms with E-state index in [1.165, 1.54) is 12.8 Å². The Kier molecular flexibility index (Phi) is 3.71. The predicted octanol–water partition coefficient (Wildman–Crippen LogP) is 5.15. The summed E-state index contributed by atoms with van der Waals surface area (Å²) >= 11 is 0. The second-order valence-electron chi connectivity index (χ2n) is 7.14. The first-order valence-corrected chi connectivity index (χ1v) is 7.65. The summed E-state index contributed by atoms with van der Waals surface area (Å²) in [6.45, 7) is 14.5. The fraction of sp³-hybridized carbons (Fsp3) is 0.882. The van der Waals surface area contributed by atoms with Gasteiger partial charge < -0.3 is 0 Å². The van der Waals surface area contributed by atoms with E-state index in [0.717, 1.165) is 41.4 Å². The Labute approximate surface area is 108 Å². The van der Waals surface area contributed by atoms with Crippen molar-refractivity contribution < 1.29 is 0 Å². The lowest BCUT2D eigenvalue weighted by Crippen LogP contribution is -2.21. The van der Waals surface area contributed by atoms with E-state index >= 15 is 0 Å². The highest BCUT2D eigenvalue weighted by Crippen LogP contribution is 2.52. The van der Waals surface area contributed by atoms with Crippen molar-refractivity contribution in [1.29, 1.82) is 0 Å². The molecule has 0 aromatic heterocycles. The van der Waals surface area contributed by atoms with Crippen LogP contribution in [0.5, 0.6) is 0 Å². The van der Waals surface area contributed by atoms with Crippen LogP contribution >= 0.6 is 0 Å². The molecule has 17 heavy (non-hydrogen) atoms. The first-order chi connectivity index (χ1) is 7.93. The summed E-state index contributed by atoms with van der Waals surface area (Å²) in [7, 11) is 0. The van der Waals surface area contributed by atoms with Crippen LogP contribution in [0.2, 0.25) is 0 Å². The van der Waals surface area contributed by atoms with E-state index in [0.29, 0.717) is 0 Å². The van der Waals surface area contributed by atoms with E-state index in [2.05, 4.69) is 47.6 Å². The van der Waals surface area contributed by atoms with Gasteiger partial charge in [-0.25, -0.2) is 0 Å². The molecule has 0 heteroatoms. The fourth-order valence-corrected chi connectivity index (χ4v) is 3.35. The molecule has 0 amide bonds. The van der Waals surface area contributed by atoms with Crippen molar-refractivity contribution in [2.45, 2.75) is 54.4 Å². The van der Waals surface area contributed by atoms with Crippen LogP contribution < -0.4 is 0 Å². The third kappa shape index (κ3) is 2.77. The van der Waals surface area contributed by atoms with E-state index in [4.69, 9.17) is 0 Å². The molecule has 0 saturated heterocycles. The lowest BCUT2D eigenvalue weighted by molar-refractivity contribution is 0.241. The fourth-order valence-electron chi connectivity index (χ4n) is 3.35. The maximum atomic E-state index is 2.57. The molecule has 0 bridgehead atoms. The minimum atomic E-state index is 0.804. The molecule has 0 aromatic carbocycles. The molecular weight excluding hydrogens is 204 g/mol. The summed E-state index contributed by atoms with van der Waals surface area (Å²) in [5.74, 6) is 6.15. The molecule has 0 heterocycles. The van der Waals surface area contributed by atoms with Gasteiger partial charge in [0.15, 0.2) is 0 Å². The van der Waals surface area contributed by atoms with Crippen molar-refractivity contribution in [2.24, 2.45) is 41.4 Å². The monoisotopic (exact) mass is 234 g/mol. The van der Waals surface area contributed by atoms with Crippen LogP contribution in [0.15, 0.2) is 11.6 Å². The second-order valence-corrected chi connectivity index (χ2v) is 7.14. The third-order valence-corrected chi connectivity index (χ3v) is 5.78. The van der Waals surface area contributed by atoms with Gasteiger partial charge in [0.25, 0.3) is 0 Å². The molecule has 1 saturated carbocycles. The Morgan fingerprint density at radius 3 is 2.00 bits per heavy atom. The van der Waals surface area contributed by atoms with Gasteiger partial charge in [-0.2, -0.15) is 0 Å². The van der Waals surface area contributed by atoms with E-state index in [9.17, 15) is 0 Å². The quantitative estimate of drug-likeness (QED) is 0.557. The van der Waals surface area contributed by atoms with Gasteiger partial charge in [0, 0.05) is 5.92 Å². The topological polar surface area (TPSA) is 0 Å². The highest BCUT2D eigenvalue weighted by Gasteiger charge is 2.42. The number of hydrogen-bond donors (Lipinski definition) is 0. The maximum absolute atomic E-state index is 2.57. The highest BCUT2D eigenvalue weighted by atomic mass is 14.5. The third-order valence-electron chi connectivity index (χ3n) is 5.78. The first-order valence-electron chi connectivity index (χ1n) is 7.65. The summed E-state index contributed by atoms with van der Waals surface area (Å²) < 4.78 is 0. The van der Waals surface area contributed by atoms with Crippen molar-refractivity contribution in [1.82, 2.24) is 0 Å². The average molecular weight is 234 g/mol. The van der Waals surface area contributed by atoms with Crippen LogP contribution in [0.1, 0.15) is 54.4 Å². The zero-order valence-electron chi connectivity index (χ0n) is 12.5. The van der Waals surface area contributed by atoms with Crippen LogP contribution in [-0.2, 0) is 0 Å². The Morgan fingerprint density at radius 1 is 0.941 bits per heavy atom. The largest absolute Gasteiger partial charge is 0.0770 e. The molecule has 5 atom stereocenters. The molecule has 2 aliphatic carbocycles. The van der Waals surface area contributed by atoms with Gasteiger partial charge in [0.1, 0.15) is 0 Å². The molecule has 1 fully saturated rings. The van der Waals surface area contributed by atoms with Crippen molar-refractivity contribution in [3.63, 3.8) is 0 Å². The van der Waals surface area contributed by atoms with Gasteiger partial charge in [-0.1, -0.05) is 53.2 Å². The van der Waals surface area contributed by atoms with Crippen LogP contribution in [0.25, 0.3) is 0 Å². The van der Waals surface area contributed by atoms with Gasteiger partial charge in [0.2, 0.25) is 0 Å². The lowest BCUT2D eigenvalue weighted by atomic mass is 9.76. The van der Waals surface area contributed by atoms with Gasteiger partial charge in [-0.15, -0.1) is 0 Å². The predicted molar refractivity (Wildman–Crippen MR) is 75.8 cm³/mol. The molecule has 0 radical (unpaired) electrons. The maximum Gasteiger partial charge on any atom is 0.00110 e. The molecule has 5 unspecified atom stereocenters. The summed E-state index contributed by atoms with van der Waals surface area (Å²) in [6, 6.07) is 0. The molecule has 2 aliphatic rings. The SMILES string of the molecule is CC(C)C(C)C(C)C(C)C1=CC1C(C)C1CC1. The second kappa shape index (κ2) is 4.78. The Hall–Kier alpha value is -0.260. The molecule has 0 aromatic rings. The normalized spacial score (nSPS) is 30.8. The van der Waals surface area contributed by atoms with Crippen LogP contribution in [-0.4, -0.2) is 0 Å². The Morgan fingerprint density at radius 2 is 1.53 bits per heavy atom. The summed E-state index contributed by atoms with van der Waals surface area (Å²) in [4.78, 5) is 0. The lowest BCUT2D eigenvalue weighted by Gasteiger charge is -2.29. The highest BCUT2D eigenvalue weighted by molar-refractivity contribution is 5.33. The van der Waals surface area contributed by atoms with Gasteiger partial charge in [-0.05, 0) is 48.3 Å². The zero-order chi connectivity index (χ0) is 12.7. The average Bonchev–Trinajstić information content (AvgIpc) is 3.17. The van der Waals surface area contributed by atoms with E-state index in [1.807, 2.05) is 0 Å². The Balaban J connectivity index is 1.85. The molecule has 0 aliphatic heterocycles. The number of allylic oxidation sites excluding steroid dienone is 2. The van der Waals surface area contributed by atoms with Gasteiger partial charge in [0.05, 0.1) is 0 Å². The zero-order valence-corrected chi connectivity index (χ0v) is 12.5.